The Bertz CT molecular complexity index is 1340. The Balaban J connectivity index is 1.21. The molecule has 0 N–H and O–H groups in total. The zero-order valence-corrected chi connectivity index (χ0v) is 20.0. The Morgan fingerprint density at radius 3 is 2.22 bits per heavy atom. The van der Waals surface area contributed by atoms with E-state index in [1.165, 1.54) is 0 Å². The van der Waals surface area contributed by atoms with Crippen LogP contribution in [0.3, 0.4) is 0 Å². The van der Waals surface area contributed by atoms with E-state index in [1.54, 1.807) is 48.4 Å². The molecule has 5 rings (SSSR count). The highest BCUT2D eigenvalue weighted by molar-refractivity contribution is 6.15. The maximum Gasteiger partial charge on any atom is 0.254 e. The summed E-state index contributed by atoms with van der Waals surface area (Å²) in [5.41, 5.74) is 2.27. The van der Waals surface area contributed by atoms with E-state index >= 15 is 0 Å². The van der Waals surface area contributed by atoms with Gasteiger partial charge in [0.2, 0.25) is 11.7 Å². The van der Waals surface area contributed by atoms with Crippen LogP contribution in [0.2, 0.25) is 0 Å². The molecule has 0 atom stereocenters. The highest BCUT2D eigenvalue weighted by Crippen LogP contribution is 2.21. The van der Waals surface area contributed by atoms with Gasteiger partial charge in [0.15, 0.2) is 5.78 Å². The maximum atomic E-state index is 13.3. The van der Waals surface area contributed by atoms with Gasteiger partial charge in [-0.3, -0.25) is 14.5 Å². The number of nitrogens with zero attached hydrogens (tertiary/aromatic N) is 4. The predicted octanol–water partition coefficient (Wildman–Crippen LogP) is 3.93. The Kier molecular flexibility index (Phi) is 6.86. The van der Waals surface area contributed by atoms with Crippen molar-refractivity contribution in [1.29, 1.82) is 0 Å². The number of benzene rings is 3. The average molecular weight is 483 g/mol. The number of methoxy groups -OCH3 is 1. The third-order valence-electron chi connectivity index (χ3n) is 6.27. The first-order valence-corrected chi connectivity index (χ1v) is 11.8. The number of hydrogen-bond donors (Lipinski definition) is 0. The first-order valence-electron chi connectivity index (χ1n) is 11.8. The quantitative estimate of drug-likeness (QED) is 0.369. The molecule has 0 unspecified atom stereocenters. The number of piperazine rings is 1. The van der Waals surface area contributed by atoms with Gasteiger partial charge in [0.05, 0.1) is 19.2 Å². The van der Waals surface area contributed by atoms with E-state index in [-0.39, 0.29) is 11.7 Å². The molecule has 1 aliphatic rings. The van der Waals surface area contributed by atoms with Crippen LogP contribution in [-0.2, 0) is 6.54 Å². The number of carbonyl (C=O) groups excluding carboxylic acids is 2. The van der Waals surface area contributed by atoms with Crippen molar-refractivity contribution in [2.45, 2.75) is 6.54 Å². The summed E-state index contributed by atoms with van der Waals surface area (Å²) in [5, 5.41) is 4.09. The minimum Gasteiger partial charge on any atom is -0.497 e. The maximum absolute atomic E-state index is 13.3. The predicted molar refractivity (Wildman–Crippen MR) is 134 cm³/mol. The van der Waals surface area contributed by atoms with Crippen molar-refractivity contribution in [3.05, 3.63) is 101 Å². The molecule has 0 radical (unpaired) electrons. The molecule has 1 saturated heterocycles. The van der Waals surface area contributed by atoms with E-state index in [1.807, 2.05) is 42.5 Å². The summed E-state index contributed by atoms with van der Waals surface area (Å²) in [6.07, 6.45) is 0. The Hall–Kier alpha value is -4.30. The fourth-order valence-electron chi connectivity index (χ4n) is 4.26. The molecule has 36 heavy (non-hydrogen) atoms. The molecule has 2 heterocycles. The van der Waals surface area contributed by atoms with Gasteiger partial charge in [-0.2, -0.15) is 4.98 Å². The summed E-state index contributed by atoms with van der Waals surface area (Å²) in [5.74, 6) is 1.54. The second-order valence-electron chi connectivity index (χ2n) is 8.55. The van der Waals surface area contributed by atoms with Crippen LogP contribution in [-0.4, -0.2) is 64.9 Å². The zero-order valence-electron chi connectivity index (χ0n) is 20.0. The van der Waals surface area contributed by atoms with Crippen LogP contribution in [0.1, 0.15) is 32.2 Å². The third-order valence-corrected chi connectivity index (χ3v) is 6.27. The normalized spacial score (nSPS) is 14.0. The number of ether oxygens (including phenoxy) is 1. The van der Waals surface area contributed by atoms with Gasteiger partial charge >= 0.3 is 0 Å². The molecule has 0 bridgehead atoms. The minimum atomic E-state index is -0.151. The van der Waals surface area contributed by atoms with E-state index in [2.05, 4.69) is 15.0 Å². The van der Waals surface area contributed by atoms with Crippen molar-refractivity contribution >= 4 is 11.7 Å². The summed E-state index contributed by atoms with van der Waals surface area (Å²) in [7, 11) is 1.62. The molecule has 1 amide bonds. The first kappa shape index (κ1) is 23.4. The summed E-state index contributed by atoms with van der Waals surface area (Å²) in [4.78, 5) is 34.9. The van der Waals surface area contributed by atoms with E-state index in [0.29, 0.717) is 61.1 Å². The lowest BCUT2D eigenvalue weighted by Crippen LogP contribution is -2.48. The van der Waals surface area contributed by atoms with Gasteiger partial charge in [-0.25, -0.2) is 0 Å². The van der Waals surface area contributed by atoms with Crippen molar-refractivity contribution in [2.24, 2.45) is 0 Å². The molecule has 1 fully saturated rings. The van der Waals surface area contributed by atoms with Gasteiger partial charge in [0, 0.05) is 42.9 Å². The molecule has 4 aromatic rings. The van der Waals surface area contributed by atoms with Crippen LogP contribution in [0.5, 0.6) is 5.75 Å². The van der Waals surface area contributed by atoms with Crippen LogP contribution in [0.4, 0.5) is 0 Å². The smallest absolute Gasteiger partial charge is 0.254 e. The number of carbonyl (C=O) groups is 2. The molecular weight excluding hydrogens is 456 g/mol. The van der Waals surface area contributed by atoms with Gasteiger partial charge in [0.25, 0.3) is 5.91 Å². The van der Waals surface area contributed by atoms with Crippen molar-refractivity contribution in [1.82, 2.24) is 19.9 Å². The number of amides is 1. The summed E-state index contributed by atoms with van der Waals surface area (Å²) < 4.78 is 10.6. The fourth-order valence-corrected chi connectivity index (χ4v) is 4.26. The average Bonchev–Trinajstić information content (AvgIpc) is 3.41. The van der Waals surface area contributed by atoms with E-state index < -0.39 is 0 Å². The van der Waals surface area contributed by atoms with Crippen molar-refractivity contribution in [2.75, 3.05) is 33.3 Å². The second-order valence-corrected chi connectivity index (χ2v) is 8.55. The standard InChI is InChI=1S/C28H26N4O4/c1-35-22-13-11-21(12-14-22)27-29-25(36-30-27)19-31-15-17-32(18-16-31)28(34)24-10-6-5-9-23(24)26(33)20-7-3-2-4-8-20/h2-14H,15-19H2,1H3. The van der Waals surface area contributed by atoms with Gasteiger partial charge in [-0.1, -0.05) is 53.7 Å². The molecule has 0 aliphatic carbocycles. The largest absolute Gasteiger partial charge is 0.497 e. The lowest BCUT2D eigenvalue weighted by Gasteiger charge is -2.34. The molecule has 1 aliphatic heterocycles. The SMILES string of the molecule is COc1ccc(-c2noc(CN3CCN(C(=O)c4ccccc4C(=O)c4ccccc4)CC3)n2)cc1. The van der Waals surface area contributed by atoms with Gasteiger partial charge in [-0.05, 0) is 30.3 Å². The van der Waals surface area contributed by atoms with Gasteiger partial charge < -0.3 is 14.2 Å². The van der Waals surface area contributed by atoms with Crippen LogP contribution in [0.25, 0.3) is 11.4 Å². The Morgan fingerprint density at radius 2 is 1.53 bits per heavy atom. The van der Waals surface area contributed by atoms with Crippen molar-refractivity contribution < 1.29 is 18.8 Å². The van der Waals surface area contributed by atoms with Crippen molar-refractivity contribution in [3.8, 4) is 17.1 Å². The van der Waals surface area contributed by atoms with Crippen LogP contribution in [0.15, 0.2) is 83.4 Å². The monoisotopic (exact) mass is 482 g/mol. The summed E-state index contributed by atoms with van der Waals surface area (Å²) in [6.45, 7) is 2.94. The number of ketones is 1. The highest BCUT2D eigenvalue weighted by atomic mass is 16.5. The molecule has 3 aromatic carbocycles. The van der Waals surface area contributed by atoms with Crippen molar-refractivity contribution in [3.63, 3.8) is 0 Å². The zero-order chi connectivity index (χ0) is 24.9. The Labute approximate surface area is 209 Å². The van der Waals surface area contributed by atoms with Gasteiger partial charge in [-0.15, -0.1) is 0 Å². The number of rotatable bonds is 7. The fraction of sp³-hybridized carbons (Fsp3) is 0.214. The van der Waals surface area contributed by atoms with E-state index in [9.17, 15) is 9.59 Å². The summed E-state index contributed by atoms with van der Waals surface area (Å²) in [6, 6.07) is 23.5. The second kappa shape index (κ2) is 10.5. The molecule has 8 heteroatoms. The highest BCUT2D eigenvalue weighted by Gasteiger charge is 2.26. The topological polar surface area (TPSA) is 88.8 Å². The van der Waals surface area contributed by atoms with Gasteiger partial charge in [0.1, 0.15) is 5.75 Å². The van der Waals surface area contributed by atoms with Crippen LogP contribution in [0, 0.1) is 0 Å². The molecular formula is C28H26N4O4. The Morgan fingerprint density at radius 1 is 0.861 bits per heavy atom. The van der Waals surface area contributed by atoms with E-state index in [0.717, 1.165) is 11.3 Å². The van der Waals surface area contributed by atoms with Crippen LogP contribution < -0.4 is 4.74 Å². The molecule has 8 nitrogen and oxygen atoms in total. The molecule has 0 spiro atoms. The molecule has 1 aromatic heterocycles. The number of hydrogen-bond acceptors (Lipinski definition) is 7. The molecule has 0 saturated carbocycles. The molecule has 182 valence electrons. The lowest BCUT2D eigenvalue weighted by atomic mass is 9.97. The summed E-state index contributed by atoms with van der Waals surface area (Å²) >= 11 is 0. The first-order chi connectivity index (χ1) is 17.6. The lowest BCUT2D eigenvalue weighted by molar-refractivity contribution is 0.0612. The third kappa shape index (κ3) is 5.04. The number of aromatic nitrogens is 2. The van der Waals surface area contributed by atoms with Crippen LogP contribution >= 0.6 is 0 Å². The van der Waals surface area contributed by atoms with E-state index in [4.69, 9.17) is 9.26 Å². The minimum absolute atomic E-state index is 0.130.